The third-order valence-electron chi connectivity index (χ3n) is 3.02. The van der Waals surface area contributed by atoms with Gasteiger partial charge in [0.1, 0.15) is 0 Å². The topological polar surface area (TPSA) is 0 Å². The molecule has 1 rings (SSSR count). The van der Waals surface area contributed by atoms with Crippen molar-refractivity contribution in [2.24, 2.45) is 0 Å². The van der Waals surface area contributed by atoms with Crippen molar-refractivity contribution in [1.82, 2.24) is 0 Å². The van der Waals surface area contributed by atoms with Crippen LogP contribution in [0.25, 0.3) is 5.57 Å². The lowest BCUT2D eigenvalue weighted by Gasteiger charge is -2.05. The first kappa shape index (κ1) is 13.8. The number of benzene rings is 1. The van der Waals surface area contributed by atoms with Gasteiger partial charge in [-0.25, -0.2) is 0 Å². The standard InChI is InChI=1S/C17H24/c1-5-7-8-15(4)13-16(6-2)17-11-9-14(3)10-12-17/h6,9-13H,5,7-8H2,1-4H3/b15-13+,16-6+. The molecule has 1 aromatic rings. The molecule has 0 aliphatic carbocycles. The maximum absolute atomic E-state index is 2.32. The molecule has 17 heavy (non-hydrogen) atoms. The van der Waals surface area contributed by atoms with Crippen LogP contribution in [0.1, 0.15) is 51.2 Å². The van der Waals surface area contributed by atoms with Gasteiger partial charge in [-0.05, 0) is 44.7 Å². The van der Waals surface area contributed by atoms with Crippen LogP contribution >= 0.6 is 0 Å². The van der Waals surface area contributed by atoms with Gasteiger partial charge in [-0.3, -0.25) is 0 Å². The zero-order valence-corrected chi connectivity index (χ0v) is 11.6. The van der Waals surface area contributed by atoms with Gasteiger partial charge in [-0.2, -0.15) is 0 Å². The minimum absolute atomic E-state index is 1.21. The minimum Gasteiger partial charge on any atom is -0.0798 e. The lowest BCUT2D eigenvalue weighted by atomic mass is 10.00. The minimum atomic E-state index is 1.21. The molecule has 0 heteroatoms. The molecule has 0 aromatic heterocycles. The van der Waals surface area contributed by atoms with Crippen LogP contribution in [0.15, 0.2) is 42.0 Å². The third kappa shape index (κ3) is 4.60. The molecule has 92 valence electrons. The summed E-state index contributed by atoms with van der Waals surface area (Å²) in [6, 6.07) is 8.75. The molecule has 0 heterocycles. The summed E-state index contributed by atoms with van der Waals surface area (Å²) in [5.74, 6) is 0. The molecular formula is C17H24. The van der Waals surface area contributed by atoms with Crippen molar-refractivity contribution in [3.05, 3.63) is 53.1 Å². The number of hydrogen-bond donors (Lipinski definition) is 0. The summed E-state index contributed by atoms with van der Waals surface area (Å²) in [6.45, 7) is 8.71. The van der Waals surface area contributed by atoms with E-state index in [1.54, 1.807) is 0 Å². The predicted octanol–water partition coefficient (Wildman–Crippen LogP) is 5.53. The second-order valence-electron chi connectivity index (χ2n) is 4.70. The SMILES string of the molecule is C/C=C(\C=C(/C)CCCC)c1ccc(C)cc1. The zero-order chi connectivity index (χ0) is 12.7. The largest absolute Gasteiger partial charge is 0.0798 e. The van der Waals surface area contributed by atoms with E-state index in [4.69, 9.17) is 0 Å². The van der Waals surface area contributed by atoms with E-state index in [1.165, 1.54) is 41.5 Å². The van der Waals surface area contributed by atoms with Crippen LogP contribution in [0.4, 0.5) is 0 Å². The van der Waals surface area contributed by atoms with E-state index >= 15 is 0 Å². The van der Waals surface area contributed by atoms with Crippen LogP contribution in [0.3, 0.4) is 0 Å². The van der Waals surface area contributed by atoms with Gasteiger partial charge in [0.25, 0.3) is 0 Å². The second-order valence-corrected chi connectivity index (χ2v) is 4.70. The monoisotopic (exact) mass is 228 g/mol. The Morgan fingerprint density at radius 2 is 1.82 bits per heavy atom. The van der Waals surface area contributed by atoms with Crippen molar-refractivity contribution in [3.63, 3.8) is 0 Å². The molecule has 0 nitrogen and oxygen atoms in total. The predicted molar refractivity (Wildman–Crippen MR) is 78.1 cm³/mol. The van der Waals surface area contributed by atoms with Crippen LogP contribution in [-0.4, -0.2) is 0 Å². The molecule has 0 unspecified atom stereocenters. The summed E-state index contributed by atoms with van der Waals surface area (Å²) in [4.78, 5) is 0. The highest BCUT2D eigenvalue weighted by Crippen LogP contribution is 2.20. The van der Waals surface area contributed by atoms with E-state index in [-0.39, 0.29) is 0 Å². The number of hydrogen-bond acceptors (Lipinski definition) is 0. The van der Waals surface area contributed by atoms with Crippen molar-refractivity contribution < 1.29 is 0 Å². The molecule has 0 radical (unpaired) electrons. The highest BCUT2D eigenvalue weighted by atomic mass is 14.0. The smallest absolute Gasteiger partial charge is 0.0187 e. The molecule has 0 bridgehead atoms. The Morgan fingerprint density at radius 1 is 1.18 bits per heavy atom. The number of allylic oxidation sites excluding steroid dienone is 4. The number of aryl methyl sites for hydroxylation is 1. The summed E-state index contributed by atoms with van der Waals surface area (Å²) in [7, 11) is 0. The van der Waals surface area contributed by atoms with Gasteiger partial charge in [0, 0.05) is 0 Å². The Balaban J connectivity index is 2.82. The number of rotatable bonds is 5. The number of unbranched alkanes of at least 4 members (excludes halogenated alkanes) is 1. The van der Waals surface area contributed by atoms with Crippen molar-refractivity contribution in [1.29, 1.82) is 0 Å². The summed E-state index contributed by atoms with van der Waals surface area (Å²) in [5, 5.41) is 0. The van der Waals surface area contributed by atoms with Gasteiger partial charge >= 0.3 is 0 Å². The van der Waals surface area contributed by atoms with Crippen LogP contribution in [-0.2, 0) is 0 Å². The molecule has 0 amide bonds. The average molecular weight is 228 g/mol. The Hall–Kier alpha value is -1.30. The van der Waals surface area contributed by atoms with Gasteiger partial charge in [-0.1, -0.05) is 60.9 Å². The van der Waals surface area contributed by atoms with E-state index in [9.17, 15) is 0 Å². The summed E-state index contributed by atoms with van der Waals surface area (Å²) in [6.07, 6.45) is 8.27. The van der Waals surface area contributed by atoms with Gasteiger partial charge in [0.05, 0.1) is 0 Å². The van der Waals surface area contributed by atoms with Crippen molar-refractivity contribution in [2.75, 3.05) is 0 Å². The zero-order valence-electron chi connectivity index (χ0n) is 11.6. The van der Waals surface area contributed by atoms with Crippen molar-refractivity contribution in [2.45, 2.75) is 47.0 Å². The van der Waals surface area contributed by atoms with E-state index in [0.29, 0.717) is 0 Å². The van der Waals surface area contributed by atoms with E-state index in [2.05, 4.69) is 64.1 Å². The third-order valence-corrected chi connectivity index (χ3v) is 3.02. The first-order valence-corrected chi connectivity index (χ1v) is 6.58. The van der Waals surface area contributed by atoms with E-state index in [0.717, 1.165) is 0 Å². The molecular weight excluding hydrogens is 204 g/mol. The van der Waals surface area contributed by atoms with Gasteiger partial charge in [-0.15, -0.1) is 0 Å². The fourth-order valence-electron chi connectivity index (χ4n) is 1.87. The summed E-state index contributed by atoms with van der Waals surface area (Å²) in [5.41, 5.74) is 5.43. The lowest BCUT2D eigenvalue weighted by molar-refractivity contribution is 0.788. The van der Waals surface area contributed by atoms with Crippen LogP contribution < -0.4 is 0 Å². The highest BCUT2D eigenvalue weighted by Gasteiger charge is 1.98. The average Bonchev–Trinajstić information content (AvgIpc) is 2.34. The Bertz CT molecular complexity index is 391. The summed E-state index contributed by atoms with van der Waals surface area (Å²) >= 11 is 0. The van der Waals surface area contributed by atoms with Crippen molar-refractivity contribution >= 4 is 5.57 Å². The normalized spacial score (nSPS) is 12.9. The maximum Gasteiger partial charge on any atom is -0.0187 e. The molecule has 0 aliphatic heterocycles. The fourth-order valence-corrected chi connectivity index (χ4v) is 1.87. The molecule has 0 saturated carbocycles. The van der Waals surface area contributed by atoms with Gasteiger partial charge < -0.3 is 0 Å². The van der Waals surface area contributed by atoms with Crippen molar-refractivity contribution in [3.8, 4) is 0 Å². The molecule has 0 saturated heterocycles. The molecule has 0 atom stereocenters. The highest BCUT2D eigenvalue weighted by molar-refractivity contribution is 5.74. The molecule has 1 aromatic carbocycles. The van der Waals surface area contributed by atoms with Gasteiger partial charge in [0.15, 0.2) is 0 Å². The molecule has 0 aliphatic rings. The van der Waals surface area contributed by atoms with E-state index < -0.39 is 0 Å². The van der Waals surface area contributed by atoms with Crippen LogP contribution in [0.2, 0.25) is 0 Å². The Kier molecular flexibility index (Phi) is 5.76. The van der Waals surface area contributed by atoms with E-state index in [1.807, 2.05) is 0 Å². The van der Waals surface area contributed by atoms with Gasteiger partial charge in [0.2, 0.25) is 0 Å². The van der Waals surface area contributed by atoms with Crippen LogP contribution in [0, 0.1) is 6.92 Å². The second kappa shape index (κ2) is 7.11. The van der Waals surface area contributed by atoms with Crippen LogP contribution in [0.5, 0.6) is 0 Å². The first-order chi connectivity index (χ1) is 8.17. The Labute approximate surface area is 106 Å². The Morgan fingerprint density at radius 3 is 2.35 bits per heavy atom. The lowest BCUT2D eigenvalue weighted by Crippen LogP contribution is -1.84. The fraction of sp³-hybridized carbons (Fsp3) is 0.412. The molecule has 0 spiro atoms. The summed E-state index contributed by atoms with van der Waals surface area (Å²) < 4.78 is 0. The maximum atomic E-state index is 2.32. The quantitative estimate of drug-likeness (QED) is 0.581. The molecule has 0 fully saturated rings. The molecule has 0 N–H and O–H groups in total. The first-order valence-electron chi connectivity index (χ1n) is 6.58.